The Bertz CT molecular complexity index is 763. The summed E-state index contributed by atoms with van der Waals surface area (Å²) < 4.78 is 4.49. The van der Waals surface area contributed by atoms with Crippen LogP contribution in [0.1, 0.15) is 0 Å². The topological polar surface area (TPSA) is 66.2 Å². The van der Waals surface area contributed by atoms with Gasteiger partial charge in [-0.2, -0.15) is 0 Å². The van der Waals surface area contributed by atoms with Crippen molar-refractivity contribution in [1.29, 1.82) is 0 Å². The number of hydrazine groups is 1. The quantitative estimate of drug-likeness (QED) is 0.643. The first kappa shape index (κ1) is 13.1. The van der Waals surface area contributed by atoms with E-state index in [2.05, 4.69) is 32.7 Å². The van der Waals surface area contributed by atoms with Crippen LogP contribution in [0.2, 0.25) is 0 Å². The number of methoxy groups -OCH3 is 1. The Kier molecular flexibility index (Phi) is 3.47. The van der Waals surface area contributed by atoms with E-state index in [4.69, 9.17) is 0 Å². The number of hydrogen-bond acceptors (Lipinski definition) is 3. The van der Waals surface area contributed by atoms with Gasteiger partial charge < -0.3 is 9.72 Å². The Balaban J connectivity index is 1.82. The molecule has 3 rings (SSSR count). The van der Waals surface area contributed by atoms with E-state index in [1.54, 1.807) is 0 Å². The third-order valence-electron chi connectivity index (χ3n) is 3.28. The lowest BCUT2D eigenvalue weighted by molar-refractivity contribution is 0.173. The molecule has 0 fully saturated rings. The molecule has 0 bridgehead atoms. The van der Waals surface area contributed by atoms with E-state index < -0.39 is 6.09 Å². The van der Waals surface area contributed by atoms with E-state index in [-0.39, 0.29) is 0 Å². The van der Waals surface area contributed by atoms with Crippen LogP contribution in [0.4, 0.5) is 10.5 Å². The second-order valence-corrected chi connectivity index (χ2v) is 4.57. The molecule has 0 spiro atoms. The highest BCUT2D eigenvalue weighted by Crippen LogP contribution is 2.29. The average Bonchev–Trinajstić information content (AvgIpc) is 2.97. The number of nitrogens with one attached hydrogen (secondary N) is 3. The number of anilines is 1. The molecule has 1 heterocycles. The van der Waals surface area contributed by atoms with Crippen molar-refractivity contribution in [2.24, 2.45) is 0 Å². The number of hydrogen-bond donors (Lipinski definition) is 3. The Hall–Kier alpha value is -2.95. The fourth-order valence-electron chi connectivity index (χ4n) is 2.22. The van der Waals surface area contributed by atoms with E-state index in [0.717, 1.165) is 22.3 Å². The van der Waals surface area contributed by atoms with Crippen molar-refractivity contribution < 1.29 is 9.53 Å². The Morgan fingerprint density at radius 1 is 1.10 bits per heavy atom. The van der Waals surface area contributed by atoms with Crippen molar-refractivity contribution >= 4 is 22.7 Å². The molecule has 0 atom stereocenters. The van der Waals surface area contributed by atoms with Crippen molar-refractivity contribution in [3.8, 4) is 11.1 Å². The van der Waals surface area contributed by atoms with Crippen LogP contribution in [0.25, 0.3) is 22.0 Å². The highest BCUT2D eigenvalue weighted by Gasteiger charge is 2.05. The van der Waals surface area contributed by atoms with Gasteiger partial charge in [-0.1, -0.05) is 30.3 Å². The van der Waals surface area contributed by atoms with Gasteiger partial charge in [0.15, 0.2) is 0 Å². The van der Waals surface area contributed by atoms with Gasteiger partial charge in [0, 0.05) is 22.7 Å². The molecule has 106 valence electrons. The van der Waals surface area contributed by atoms with E-state index in [9.17, 15) is 4.79 Å². The highest BCUT2D eigenvalue weighted by molar-refractivity contribution is 5.95. The van der Waals surface area contributed by atoms with Crippen LogP contribution in [0.3, 0.4) is 0 Å². The lowest BCUT2D eigenvalue weighted by Crippen LogP contribution is -2.28. The molecule has 3 aromatic rings. The highest BCUT2D eigenvalue weighted by atomic mass is 16.5. The smallest absolute Gasteiger partial charge is 0.425 e. The molecule has 0 saturated heterocycles. The van der Waals surface area contributed by atoms with E-state index in [0.29, 0.717) is 0 Å². The Morgan fingerprint density at radius 3 is 2.62 bits per heavy atom. The van der Waals surface area contributed by atoms with Gasteiger partial charge in [0.2, 0.25) is 0 Å². The van der Waals surface area contributed by atoms with Crippen LogP contribution in [0, 0.1) is 0 Å². The number of amides is 1. The molecule has 1 amide bonds. The molecule has 2 aromatic carbocycles. The summed E-state index contributed by atoms with van der Waals surface area (Å²) in [5.74, 6) is 0. The molecule has 0 radical (unpaired) electrons. The summed E-state index contributed by atoms with van der Waals surface area (Å²) in [5.41, 5.74) is 9.34. The summed E-state index contributed by atoms with van der Waals surface area (Å²) in [6, 6.07) is 16.0. The molecule has 0 aliphatic heterocycles. The third kappa shape index (κ3) is 2.67. The summed E-state index contributed by atoms with van der Waals surface area (Å²) in [7, 11) is 1.32. The number of rotatable bonds is 3. The zero-order valence-corrected chi connectivity index (χ0v) is 11.5. The average molecular weight is 281 g/mol. The first-order valence-electron chi connectivity index (χ1n) is 6.54. The number of aromatic amines is 1. The van der Waals surface area contributed by atoms with Crippen molar-refractivity contribution in [2.75, 3.05) is 12.5 Å². The second-order valence-electron chi connectivity index (χ2n) is 4.57. The number of carbonyl (C=O) groups excluding carboxylic acids is 1. The van der Waals surface area contributed by atoms with Crippen LogP contribution >= 0.6 is 0 Å². The molecular formula is C16H15N3O2. The van der Waals surface area contributed by atoms with Crippen molar-refractivity contribution in [3.63, 3.8) is 0 Å². The second kappa shape index (κ2) is 5.58. The number of H-pyrrole nitrogens is 1. The van der Waals surface area contributed by atoms with Crippen LogP contribution in [0.15, 0.2) is 54.7 Å². The van der Waals surface area contributed by atoms with E-state index in [1.165, 1.54) is 12.5 Å². The molecule has 1 aromatic heterocycles. The zero-order valence-electron chi connectivity index (χ0n) is 11.5. The lowest BCUT2D eigenvalue weighted by atomic mass is 10.0. The predicted molar refractivity (Wildman–Crippen MR) is 82.9 cm³/mol. The molecule has 3 N–H and O–H groups in total. The van der Waals surface area contributed by atoms with E-state index >= 15 is 0 Å². The van der Waals surface area contributed by atoms with Crippen LogP contribution in [-0.4, -0.2) is 18.2 Å². The predicted octanol–water partition coefficient (Wildman–Crippen LogP) is 3.52. The Labute approximate surface area is 121 Å². The van der Waals surface area contributed by atoms with E-state index in [1.807, 2.05) is 42.6 Å². The minimum absolute atomic E-state index is 0.532. The molecule has 21 heavy (non-hydrogen) atoms. The molecule has 0 unspecified atom stereocenters. The van der Waals surface area contributed by atoms with Gasteiger partial charge in [-0.25, -0.2) is 10.2 Å². The maximum atomic E-state index is 11.0. The van der Waals surface area contributed by atoms with Gasteiger partial charge in [-0.05, 0) is 23.8 Å². The largest absolute Gasteiger partial charge is 0.452 e. The van der Waals surface area contributed by atoms with Gasteiger partial charge in [0.25, 0.3) is 0 Å². The van der Waals surface area contributed by atoms with Gasteiger partial charge in [-0.15, -0.1) is 0 Å². The summed E-state index contributed by atoms with van der Waals surface area (Å²) in [5, 5.41) is 1.19. The lowest BCUT2D eigenvalue weighted by Gasteiger charge is -2.08. The molecule has 5 heteroatoms. The van der Waals surface area contributed by atoms with Crippen LogP contribution < -0.4 is 10.9 Å². The van der Waals surface area contributed by atoms with Gasteiger partial charge in [0.05, 0.1) is 12.8 Å². The molecule has 0 aliphatic carbocycles. The van der Waals surface area contributed by atoms with Gasteiger partial charge in [0.1, 0.15) is 0 Å². The Morgan fingerprint density at radius 2 is 1.86 bits per heavy atom. The molecule has 5 nitrogen and oxygen atoms in total. The maximum absolute atomic E-state index is 11.0. The molecule has 0 aliphatic rings. The number of fused-ring (bicyclic) bond motifs is 1. The number of carbonyl (C=O) groups is 1. The van der Waals surface area contributed by atoms with Crippen molar-refractivity contribution in [2.45, 2.75) is 0 Å². The maximum Gasteiger partial charge on any atom is 0.425 e. The van der Waals surface area contributed by atoms with Crippen molar-refractivity contribution in [1.82, 2.24) is 10.4 Å². The summed E-state index contributed by atoms with van der Waals surface area (Å²) in [6.07, 6.45) is 1.47. The first-order valence-corrected chi connectivity index (χ1v) is 6.54. The monoisotopic (exact) mass is 281 g/mol. The number of para-hydroxylation sites is 1. The summed E-state index contributed by atoms with van der Waals surface area (Å²) in [4.78, 5) is 14.2. The summed E-state index contributed by atoms with van der Waals surface area (Å²) in [6.45, 7) is 0. The van der Waals surface area contributed by atoms with Crippen molar-refractivity contribution in [3.05, 3.63) is 54.7 Å². The SMILES string of the molecule is COC(=O)NNc1ccc(-c2c[nH]c3ccccc23)cc1. The fourth-order valence-corrected chi connectivity index (χ4v) is 2.22. The number of ether oxygens (including phenoxy) is 1. The standard InChI is InChI=1S/C16H15N3O2/c1-21-16(20)19-18-12-8-6-11(7-9-12)14-10-17-15-5-3-2-4-13(14)15/h2-10,17-18H,1H3,(H,19,20). The summed E-state index contributed by atoms with van der Waals surface area (Å²) >= 11 is 0. The van der Waals surface area contributed by atoms with Gasteiger partial charge in [-0.3, -0.25) is 5.43 Å². The fraction of sp³-hybridized carbons (Fsp3) is 0.0625. The zero-order chi connectivity index (χ0) is 14.7. The van der Waals surface area contributed by atoms with Crippen LogP contribution in [-0.2, 0) is 4.74 Å². The normalized spacial score (nSPS) is 10.3. The third-order valence-corrected chi connectivity index (χ3v) is 3.28. The number of aromatic nitrogens is 1. The first-order chi connectivity index (χ1) is 10.3. The molecular weight excluding hydrogens is 266 g/mol. The minimum atomic E-state index is -0.532. The molecule has 0 saturated carbocycles. The minimum Gasteiger partial charge on any atom is -0.452 e. The number of benzene rings is 2. The van der Waals surface area contributed by atoms with Gasteiger partial charge >= 0.3 is 6.09 Å². The van der Waals surface area contributed by atoms with Crippen LogP contribution in [0.5, 0.6) is 0 Å².